The average Bonchev–Trinajstić information content (AvgIpc) is 3.26. The molecule has 25 heavy (non-hydrogen) atoms. The van der Waals surface area contributed by atoms with Crippen LogP contribution in [0.1, 0.15) is 30.6 Å². The molecule has 0 amide bonds. The van der Waals surface area contributed by atoms with Crippen molar-refractivity contribution in [2.75, 3.05) is 19.8 Å². The van der Waals surface area contributed by atoms with Crippen LogP contribution in [0.3, 0.4) is 0 Å². The number of aliphatic hydroxyl groups excluding tert-OH is 1. The molecule has 0 unspecified atom stereocenters. The first-order valence-electron chi connectivity index (χ1n) is 9.23. The number of nitrogens with zero attached hydrogens (tertiary/aromatic N) is 2. The Labute approximate surface area is 148 Å². The molecule has 0 aliphatic carbocycles. The second-order valence-corrected chi connectivity index (χ2v) is 7.32. The Morgan fingerprint density at radius 3 is 2.88 bits per heavy atom. The molecule has 1 aromatic heterocycles. The molecule has 2 aromatic rings. The highest BCUT2D eigenvalue weighted by atomic mass is 16.5. The number of aliphatic hydroxyl groups is 1. The Morgan fingerprint density at radius 2 is 2.08 bits per heavy atom. The fourth-order valence-electron chi connectivity index (χ4n) is 4.10. The molecule has 2 fully saturated rings. The molecular weight excluding hydrogens is 316 g/mol. The zero-order chi connectivity index (χ0) is 17.2. The lowest BCUT2D eigenvalue weighted by molar-refractivity contribution is -0.0642. The van der Waals surface area contributed by atoms with Gasteiger partial charge in [0.2, 0.25) is 0 Å². The van der Waals surface area contributed by atoms with Gasteiger partial charge in [0.1, 0.15) is 5.69 Å². The third kappa shape index (κ3) is 3.64. The van der Waals surface area contributed by atoms with Crippen LogP contribution < -0.4 is 0 Å². The molecule has 4 rings (SSSR count). The molecule has 0 bridgehead atoms. The Hall–Kier alpha value is -1.69. The minimum Gasteiger partial charge on any atom is -0.393 e. The molecule has 0 radical (unpaired) electrons. The molecule has 3 atom stereocenters. The fraction of sp³-hybridized carbons (Fsp3) is 0.550. The molecular formula is C20H26N2O3. The van der Waals surface area contributed by atoms with Gasteiger partial charge in [-0.15, -0.1) is 0 Å². The highest BCUT2D eigenvalue weighted by Gasteiger charge is 2.37. The summed E-state index contributed by atoms with van der Waals surface area (Å²) < 4.78 is 11.2. The maximum absolute atomic E-state index is 10.3. The SMILES string of the molecule is Cc1ccc(-c2cc(CN3CCC[C@@H]3[C@@H]3COCC[C@@H]3O)on2)cc1. The van der Waals surface area contributed by atoms with E-state index in [1.807, 2.05) is 6.07 Å². The van der Waals surface area contributed by atoms with Crippen molar-refractivity contribution in [2.24, 2.45) is 5.92 Å². The average molecular weight is 342 g/mol. The van der Waals surface area contributed by atoms with Gasteiger partial charge in [-0.05, 0) is 32.7 Å². The second-order valence-electron chi connectivity index (χ2n) is 7.32. The van der Waals surface area contributed by atoms with Gasteiger partial charge in [-0.2, -0.15) is 0 Å². The van der Waals surface area contributed by atoms with Gasteiger partial charge in [0.05, 0.1) is 19.3 Å². The summed E-state index contributed by atoms with van der Waals surface area (Å²) in [7, 11) is 0. The van der Waals surface area contributed by atoms with Crippen molar-refractivity contribution in [2.45, 2.75) is 44.9 Å². The first-order valence-corrected chi connectivity index (χ1v) is 9.23. The van der Waals surface area contributed by atoms with Crippen molar-refractivity contribution in [3.05, 3.63) is 41.7 Å². The Kier molecular flexibility index (Phi) is 4.88. The third-order valence-corrected chi connectivity index (χ3v) is 5.54. The van der Waals surface area contributed by atoms with Crippen LogP contribution >= 0.6 is 0 Å². The number of rotatable bonds is 4. The van der Waals surface area contributed by atoms with Gasteiger partial charge in [0.15, 0.2) is 5.76 Å². The zero-order valence-corrected chi connectivity index (χ0v) is 14.7. The number of aryl methyl sites for hydroxylation is 1. The lowest BCUT2D eigenvalue weighted by atomic mass is 9.89. The van der Waals surface area contributed by atoms with E-state index in [-0.39, 0.29) is 12.0 Å². The maximum Gasteiger partial charge on any atom is 0.151 e. The van der Waals surface area contributed by atoms with Crippen molar-refractivity contribution >= 4 is 0 Å². The molecule has 2 aliphatic heterocycles. The molecule has 134 valence electrons. The predicted octanol–water partition coefficient (Wildman–Crippen LogP) is 3.01. The van der Waals surface area contributed by atoms with Crippen LogP contribution in [0, 0.1) is 12.8 Å². The fourth-order valence-corrected chi connectivity index (χ4v) is 4.10. The van der Waals surface area contributed by atoms with E-state index >= 15 is 0 Å². The molecule has 3 heterocycles. The van der Waals surface area contributed by atoms with Crippen LogP contribution in [0.15, 0.2) is 34.9 Å². The minimum absolute atomic E-state index is 0.204. The van der Waals surface area contributed by atoms with Gasteiger partial charge in [0.25, 0.3) is 0 Å². The summed E-state index contributed by atoms with van der Waals surface area (Å²) in [5.41, 5.74) is 3.20. The van der Waals surface area contributed by atoms with Gasteiger partial charge < -0.3 is 14.4 Å². The summed E-state index contributed by atoms with van der Waals surface area (Å²) in [4.78, 5) is 2.42. The van der Waals surface area contributed by atoms with Crippen molar-refractivity contribution in [1.82, 2.24) is 10.1 Å². The first-order chi connectivity index (χ1) is 12.2. The van der Waals surface area contributed by atoms with Gasteiger partial charge in [-0.1, -0.05) is 35.0 Å². The minimum atomic E-state index is -0.253. The predicted molar refractivity (Wildman–Crippen MR) is 95.0 cm³/mol. The monoisotopic (exact) mass is 342 g/mol. The van der Waals surface area contributed by atoms with E-state index in [1.165, 1.54) is 5.56 Å². The van der Waals surface area contributed by atoms with E-state index in [0.717, 1.165) is 49.4 Å². The van der Waals surface area contributed by atoms with Gasteiger partial charge in [0, 0.05) is 30.2 Å². The van der Waals surface area contributed by atoms with Crippen LogP contribution in [0.2, 0.25) is 0 Å². The normalized spacial score (nSPS) is 27.7. The molecule has 2 saturated heterocycles. The van der Waals surface area contributed by atoms with E-state index in [1.54, 1.807) is 0 Å². The highest BCUT2D eigenvalue weighted by Crippen LogP contribution is 2.31. The van der Waals surface area contributed by atoms with E-state index < -0.39 is 0 Å². The van der Waals surface area contributed by atoms with Crippen LogP contribution in [0.4, 0.5) is 0 Å². The van der Waals surface area contributed by atoms with Gasteiger partial charge >= 0.3 is 0 Å². The van der Waals surface area contributed by atoms with E-state index in [0.29, 0.717) is 19.3 Å². The summed E-state index contributed by atoms with van der Waals surface area (Å²) in [5.74, 6) is 1.09. The smallest absolute Gasteiger partial charge is 0.151 e. The van der Waals surface area contributed by atoms with E-state index in [2.05, 4.69) is 41.2 Å². The zero-order valence-electron chi connectivity index (χ0n) is 14.7. The summed E-state index contributed by atoms with van der Waals surface area (Å²) in [5, 5.41) is 14.6. The molecule has 1 N–H and O–H groups in total. The molecule has 0 saturated carbocycles. The van der Waals surface area contributed by atoms with Crippen molar-refractivity contribution in [1.29, 1.82) is 0 Å². The Balaban J connectivity index is 1.45. The molecule has 0 spiro atoms. The standard InChI is InChI=1S/C20H26N2O3/c1-14-4-6-15(7-5-14)18-11-16(25-21-18)12-22-9-2-3-19(22)17-13-24-10-8-20(17)23/h4-7,11,17,19-20,23H,2-3,8-10,12-13H2,1H3/t17-,19+,20-/m0/s1. The van der Waals surface area contributed by atoms with Gasteiger partial charge in [-0.3, -0.25) is 4.90 Å². The van der Waals surface area contributed by atoms with Crippen LogP contribution in [-0.2, 0) is 11.3 Å². The topological polar surface area (TPSA) is 58.7 Å². The molecule has 2 aliphatic rings. The third-order valence-electron chi connectivity index (χ3n) is 5.54. The Bertz CT molecular complexity index is 697. The molecule has 5 nitrogen and oxygen atoms in total. The van der Waals surface area contributed by atoms with Crippen LogP contribution in [-0.4, -0.2) is 47.1 Å². The van der Waals surface area contributed by atoms with E-state index in [4.69, 9.17) is 9.26 Å². The first kappa shape index (κ1) is 16.8. The molecule has 5 heteroatoms. The lowest BCUT2D eigenvalue weighted by Crippen LogP contribution is -2.45. The van der Waals surface area contributed by atoms with Crippen molar-refractivity contribution < 1.29 is 14.4 Å². The van der Waals surface area contributed by atoms with Crippen molar-refractivity contribution in [3.63, 3.8) is 0 Å². The second kappa shape index (κ2) is 7.28. The van der Waals surface area contributed by atoms with Gasteiger partial charge in [-0.25, -0.2) is 0 Å². The summed E-state index contributed by atoms with van der Waals surface area (Å²) in [6.07, 6.45) is 2.77. The highest BCUT2D eigenvalue weighted by molar-refractivity contribution is 5.59. The number of aromatic nitrogens is 1. The summed E-state index contributed by atoms with van der Waals surface area (Å²) in [6.45, 7) is 5.19. The van der Waals surface area contributed by atoms with Crippen LogP contribution in [0.5, 0.6) is 0 Å². The largest absolute Gasteiger partial charge is 0.393 e. The van der Waals surface area contributed by atoms with Crippen molar-refractivity contribution in [3.8, 4) is 11.3 Å². The summed E-state index contributed by atoms with van der Waals surface area (Å²) in [6, 6.07) is 10.7. The number of hydrogen-bond donors (Lipinski definition) is 1. The lowest BCUT2D eigenvalue weighted by Gasteiger charge is -2.36. The van der Waals surface area contributed by atoms with Crippen LogP contribution in [0.25, 0.3) is 11.3 Å². The molecule has 1 aromatic carbocycles. The maximum atomic E-state index is 10.3. The number of benzene rings is 1. The number of ether oxygens (including phenoxy) is 1. The Morgan fingerprint density at radius 1 is 1.24 bits per heavy atom. The van der Waals surface area contributed by atoms with E-state index in [9.17, 15) is 5.11 Å². The quantitative estimate of drug-likeness (QED) is 0.925. The number of likely N-dealkylation sites (tertiary alicyclic amines) is 1. The summed E-state index contributed by atoms with van der Waals surface area (Å²) >= 11 is 0. The number of hydrogen-bond acceptors (Lipinski definition) is 5.